The fourth-order valence-electron chi connectivity index (χ4n) is 2.99. The molecule has 2 aromatic carbocycles. The molecule has 1 aromatic heterocycles. The largest absolute Gasteiger partial charge is 0.492 e. The molecule has 164 valence electrons. The molecule has 0 aliphatic carbocycles. The molecule has 3 rings (SSSR count). The molecule has 0 aliphatic heterocycles. The van der Waals surface area contributed by atoms with Crippen molar-refractivity contribution in [2.45, 2.75) is 6.92 Å². The summed E-state index contributed by atoms with van der Waals surface area (Å²) in [5, 5.41) is 19.0. The molecule has 0 saturated carbocycles. The van der Waals surface area contributed by atoms with E-state index in [-0.39, 0.29) is 16.5 Å². The van der Waals surface area contributed by atoms with E-state index in [0.717, 1.165) is 0 Å². The van der Waals surface area contributed by atoms with Crippen molar-refractivity contribution in [2.75, 3.05) is 30.8 Å². The number of hydrogen-bond donors (Lipinski definition) is 3. The Morgan fingerprint density at radius 2 is 2.16 bits per heavy atom. The highest BCUT2D eigenvalue weighted by Crippen LogP contribution is 2.36. The molecule has 32 heavy (non-hydrogen) atoms. The number of carbonyl (C=O) groups excluding carboxylic acids is 1. The Labute approximate surface area is 189 Å². The second-order valence-electron chi connectivity index (χ2n) is 6.66. The molecule has 0 atom stereocenters. The molecule has 3 aromatic rings. The minimum Gasteiger partial charge on any atom is -0.492 e. The van der Waals surface area contributed by atoms with E-state index in [1.807, 2.05) is 6.92 Å². The van der Waals surface area contributed by atoms with E-state index in [1.54, 1.807) is 25.3 Å². The molecular weight excluding hydrogens is 433 g/mol. The van der Waals surface area contributed by atoms with E-state index in [1.165, 1.54) is 30.5 Å². The first-order chi connectivity index (χ1) is 15.5. The summed E-state index contributed by atoms with van der Waals surface area (Å²) in [4.78, 5) is 16.7. The number of aromatic nitrogens is 1. The van der Waals surface area contributed by atoms with Gasteiger partial charge in [-0.05, 0) is 38.2 Å². The van der Waals surface area contributed by atoms with Crippen LogP contribution in [0.5, 0.6) is 5.75 Å². The Balaban J connectivity index is 2.10. The van der Waals surface area contributed by atoms with Gasteiger partial charge in [-0.1, -0.05) is 17.7 Å². The number of nitriles is 1. The lowest BCUT2D eigenvalue weighted by Crippen LogP contribution is -2.11. The van der Waals surface area contributed by atoms with E-state index in [9.17, 15) is 14.4 Å². The monoisotopic (exact) mass is 453 g/mol. The predicted octanol–water partition coefficient (Wildman–Crippen LogP) is 4.76. The summed E-state index contributed by atoms with van der Waals surface area (Å²) in [6.45, 7) is 2.77. The normalized spacial score (nSPS) is 10.8. The number of halogens is 2. The third-order valence-electron chi connectivity index (χ3n) is 4.43. The summed E-state index contributed by atoms with van der Waals surface area (Å²) in [6.07, 6.45) is 4.54. The van der Waals surface area contributed by atoms with Crippen molar-refractivity contribution in [3.8, 4) is 11.8 Å². The van der Waals surface area contributed by atoms with Gasteiger partial charge in [0.15, 0.2) is 0 Å². The van der Waals surface area contributed by atoms with Crippen molar-refractivity contribution >= 4 is 45.5 Å². The van der Waals surface area contributed by atoms with Crippen LogP contribution in [0.3, 0.4) is 0 Å². The third-order valence-corrected chi connectivity index (χ3v) is 4.72. The molecule has 7 nitrogen and oxygen atoms in total. The number of nitrogens with one attached hydrogen (secondary N) is 3. The van der Waals surface area contributed by atoms with Gasteiger partial charge in [0.05, 0.1) is 34.1 Å². The molecule has 0 fully saturated rings. The Morgan fingerprint density at radius 1 is 1.34 bits per heavy atom. The average Bonchev–Trinajstić information content (AvgIpc) is 2.77. The SMILES string of the molecule is CCOc1cc2ncc(C#N)c(Nc3ccc(F)c(Cl)c3)c2cc1NC(=O)/C=C/CNC. The Bertz CT molecular complexity index is 1220. The molecule has 0 saturated heterocycles. The minimum atomic E-state index is -0.546. The molecule has 0 radical (unpaired) electrons. The van der Waals surface area contributed by atoms with Crippen molar-refractivity contribution in [3.63, 3.8) is 0 Å². The van der Waals surface area contributed by atoms with Crippen molar-refractivity contribution < 1.29 is 13.9 Å². The van der Waals surface area contributed by atoms with Crippen LogP contribution >= 0.6 is 11.6 Å². The quantitative estimate of drug-likeness (QED) is 0.425. The van der Waals surface area contributed by atoms with Gasteiger partial charge in [0.2, 0.25) is 5.91 Å². The van der Waals surface area contributed by atoms with Crippen LogP contribution in [0, 0.1) is 17.1 Å². The summed E-state index contributed by atoms with van der Waals surface area (Å²) in [5.74, 6) is -0.428. The Kier molecular flexibility index (Phi) is 7.60. The van der Waals surface area contributed by atoms with Crippen LogP contribution in [-0.2, 0) is 4.79 Å². The van der Waals surface area contributed by atoms with Crippen LogP contribution < -0.4 is 20.7 Å². The number of anilines is 3. The van der Waals surface area contributed by atoms with Gasteiger partial charge in [-0.2, -0.15) is 5.26 Å². The van der Waals surface area contributed by atoms with Crippen molar-refractivity contribution in [3.05, 3.63) is 65.1 Å². The zero-order valence-electron chi connectivity index (χ0n) is 17.5. The van der Waals surface area contributed by atoms with E-state index in [0.29, 0.717) is 46.9 Å². The molecule has 1 amide bonds. The van der Waals surface area contributed by atoms with E-state index in [2.05, 4.69) is 27.0 Å². The van der Waals surface area contributed by atoms with E-state index < -0.39 is 5.82 Å². The molecular formula is C23H21ClFN5O2. The van der Waals surface area contributed by atoms with Gasteiger partial charge >= 0.3 is 0 Å². The second kappa shape index (κ2) is 10.6. The van der Waals surface area contributed by atoms with Crippen molar-refractivity contribution in [1.82, 2.24) is 10.3 Å². The lowest BCUT2D eigenvalue weighted by Gasteiger charge is -2.16. The number of fused-ring (bicyclic) bond motifs is 1. The smallest absolute Gasteiger partial charge is 0.248 e. The molecule has 0 bridgehead atoms. The molecule has 1 heterocycles. The molecule has 0 spiro atoms. The first-order valence-corrected chi connectivity index (χ1v) is 10.2. The summed E-state index contributed by atoms with van der Waals surface area (Å²) < 4.78 is 19.2. The van der Waals surface area contributed by atoms with Gasteiger partial charge < -0.3 is 20.7 Å². The number of carbonyl (C=O) groups is 1. The van der Waals surface area contributed by atoms with Crippen LogP contribution in [0.15, 0.2) is 48.7 Å². The molecule has 0 unspecified atom stereocenters. The molecule has 0 aliphatic rings. The van der Waals surface area contributed by atoms with Crippen LogP contribution in [0.25, 0.3) is 10.9 Å². The van der Waals surface area contributed by atoms with Gasteiger partial charge in [0.1, 0.15) is 17.6 Å². The van der Waals surface area contributed by atoms with Gasteiger partial charge in [0, 0.05) is 36.0 Å². The minimum absolute atomic E-state index is 0.0492. The van der Waals surface area contributed by atoms with E-state index >= 15 is 0 Å². The Morgan fingerprint density at radius 3 is 2.84 bits per heavy atom. The molecule has 9 heteroatoms. The van der Waals surface area contributed by atoms with Gasteiger partial charge in [-0.25, -0.2) is 4.39 Å². The number of hydrogen-bond acceptors (Lipinski definition) is 6. The van der Waals surface area contributed by atoms with Crippen LogP contribution in [0.4, 0.5) is 21.5 Å². The topological polar surface area (TPSA) is 99.1 Å². The fourth-order valence-corrected chi connectivity index (χ4v) is 3.17. The second-order valence-corrected chi connectivity index (χ2v) is 7.07. The zero-order chi connectivity index (χ0) is 23.1. The summed E-state index contributed by atoms with van der Waals surface area (Å²) in [7, 11) is 1.78. The average molecular weight is 454 g/mol. The summed E-state index contributed by atoms with van der Waals surface area (Å²) >= 11 is 5.89. The third kappa shape index (κ3) is 5.32. The molecule has 3 N–H and O–H groups in total. The van der Waals surface area contributed by atoms with Crippen LogP contribution in [0.1, 0.15) is 12.5 Å². The van der Waals surface area contributed by atoms with Crippen molar-refractivity contribution in [2.24, 2.45) is 0 Å². The lowest BCUT2D eigenvalue weighted by molar-refractivity contribution is -0.111. The predicted molar refractivity (Wildman–Crippen MR) is 124 cm³/mol. The highest BCUT2D eigenvalue weighted by molar-refractivity contribution is 6.31. The zero-order valence-corrected chi connectivity index (χ0v) is 18.3. The van der Waals surface area contributed by atoms with Gasteiger partial charge in [0.25, 0.3) is 0 Å². The maximum absolute atomic E-state index is 13.6. The number of likely N-dealkylation sites (N-methyl/N-ethyl adjacent to an activating group) is 1. The number of rotatable bonds is 8. The lowest BCUT2D eigenvalue weighted by atomic mass is 10.1. The first kappa shape index (κ1) is 23.0. The van der Waals surface area contributed by atoms with Crippen LogP contribution in [-0.4, -0.2) is 31.1 Å². The summed E-state index contributed by atoms with van der Waals surface area (Å²) in [6, 6.07) is 9.65. The number of benzene rings is 2. The van der Waals surface area contributed by atoms with Gasteiger partial charge in [-0.3, -0.25) is 9.78 Å². The highest BCUT2D eigenvalue weighted by Gasteiger charge is 2.15. The first-order valence-electron chi connectivity index (χ1n) is 9.80. The Hall–Kier alpha value is -3.67. The van der Waals surface area contributed by atoms with Crippen molar-refractivity contribution in [1.29, 1.82) is 5.26 Å². The maximum atomic E-state index is 13.6. The van der Waals surface area contributed by atoms with Gasteiger partial charge in [-0.15, -0.1) is 0 Å². The van der Waals surface area contributed by atoms with E-state index in [4.69, 9.17) is 16.3 Å². The fraction of sp³-hybridized carbons (Fsp3) is 0.174. The highest BCUT2D eigenvalue weighted by atomic mass is 35.5. The number of nitrogens with zero attached hydrogens (tertiary/aromatic N) is 2. The van der Waals surface area contributed by atoms with Crippen LogP contribution in [0.2, 0.25) is 5.02 Å². The number of pyridine rings is 1. The maximum Gasteiger partial charge on any atom is 0.248 e. The number of amides is 1. The summed E-state index contributed by atoms with van der Waals surface area (Å²) in [5.41, 5.74) is 2.19. The standard InChI is InChI=1S/C23H21ClFN5O2/c1-3-32-21-11-19-16(10-20(21)30-22(31)5-4-8-27-2)23(14(12-26)13-28-19)29-15-6-7-18(25)17(24)9-15/h4-7,9-11,13,27H,3,8H2,1-2H3,(H,28,29)(H,30,31)/b5-4+. The number of ether oxygens (including phenoxy) is 1.